The van der Waals surface area contributed by atoms with Crippen molar-refractivity contribution in [1.82, 2.24) is 4.90 Å². The average molecular weight is 428 g/mol. The molecule has 4 nitrogen and oxygen atoms in total. The topological polar surface area (TPSA) is 38.8 Å². The lowest BCUT2D eigenvalue weighted by atomic mass is 9.75. The largest absolute Gasteiger partial charge is 0.493 e. The standard InChI is InChI=1S/C25H30ClNO3/c1-25(15-19-12-22(29-2)23(30-3)13-21(19)24(25)28)14-17-8-10-27(11-9-17)16-18-4-6-20(26)7-5-18/h4-7,12-13,17H,8-11,14-16H2,1-3H3. The Hall–Kier alpha value is -2.04. The highest BCUT2D eigenvalue weighted by molar-refractivity contribution is 6.30. The molecule has 1 aliphatic carbocycles. The number of methoxy groups -OCH3 is 2. The molecule has 1 saturated heterocycles. The normalized spacial score (nSPS) is 22.2. The van der Waals surface area contributed by atoms with Crippen LogP contribution in [0.5, 0.6) is 11.5 Å². The van der Waals surface area contributed by atoms with Crippen LogP contribution in [0.25, 0.3) is 0 Å². The van der Waals surface area contributed by atoms with Gasteiger partial charge in [-0.15, -0.1) is 0 Å². The molecule has 0 saturated carbocycles. The molecule has 1 heterocycles. The molecule has 2 aromatic carbocycles. The van der Waals surface area contributed by atoms with E-state index in [0.29, 0.717) is 17.4 Å². The molecular formula is C25H30ClNO3. The molecule has 1 unspecified atom stereocenters. The molecule has 0 spiro atoms. The first-order chi connectivity index (χ1) is 14.4. The van der Waals surface area contributed by atoms with Gasteiger partial charge in [0, 0.05) is 22.5 Å². The zero-order valence-corrected chi connectivity index (χ0v) is 18.8. The van der Waals surface area contributed by atoms with Gasteiger partial charge in [0.05, 0.1) is 14.2 Å². The lowest BCUT2D eigenvalue weighted by Gasteiger charge is -2.35. The fourth-order valence-electron chi connectivity index (χ4n) is 5.10. The van der Waals surface area contributed by atoms with Crippen molar-refractivity contribution in [2.45, 2.75) is 39.2 Å². The summed E-state index contributed by atoms with van der Waals surface area (Å²) in [5.74, 6) is 2.16. The van der Waals surface area contributed by atoms with Crippen molar-refractivity contribution >= 4 is 17.4 Å². The molecule has 0 aromatic heterocycles. The number of fused-ring (bicyclic) bond motifs is 1. The summed E-state index contributed by atoms with van der Waals surface area (Å²) in [4.78, 5) is 15.8. The van der Waals surface area contributed by atoms with Crippen LogP contribution in [0, 0.1) is 11.3 Å². The van der Waals surface area contributed by atoms with Crippen LogP contribution in [-0.4, -0.2) is 38.0 Å². The molecule has 1 fully saturated rings. The number of carbonyl (C=O) groups excluding carboxylic acids is 1. The maximum Gasteiger partial charge on any atom is 0.169 e. The van der Waals surface area contributed by atoms with Crippen LogP contribution in [0.3, 0.4) is 0 Å². The Morgan fingerprint density at radius 2 is 1.70 bits per heavy atom. The maximum absolute atomic E-state index is 13.3. The Labute approximate surface area is 184 Å². The second kappa shape index (κ2) is 8.60. The highest BCUT2D eigenvalue weighted by atomic mass is 35.5. The van der Waals surface area contributed by atoms with Gasteiger partial charge in [0.25, 0.3) is 0 Å². The summed E-state index contributed by atoms with van der Waals surface area (Å²) in [7, 11) is 3.25. The number of hydrogen-bond acceptors (Lipinski definition) is 4. The SMILES string of the molecule is COc1cc2c(cc1OC)C(=O)C(C)(CC1CCN(Cc3ccc(Cl)cc3)CC1)C2. The molecule has 0 bridgehead atoms. The lowest BCUT2D eigenvalue weighted by molar-refractivity contribution is 0.0758. The summed E-state index contributed by atoms with van der Waals surface area (Å²) >= 11 is 5.99. The van der Waals surface area contributed by atoms with E-state index in [-0.39, 0.29) is 11.2 Å². The molecule has 2 aliphatic rings. The van der Waals surface area contributed by atoms with Gasteiger partial charge < -0.3 is 9.47 Å². The fraction of sp³-hybridized carbons (Fsp3) is 0.480. The van der Waals surface area contributed by atoms with Gasteiger partial charge in [0.1, 0.15) is 0 Å². The lowest BCUT2D eigenvalue weighted by Crippen LogP contribution is -2.36. The van der Waals surface area contributed by atoms with E-state index in [2.05, 4.69) is 24.0 Å². The highest BCUT2D eigenvalue weighted by Gasteiger charge is 2.43. The highest BCUT2D eigenvalue weighted by Crippen LogP contribution is 2.46. The Morgan fingerprint density at radius 1 is 1.07 bits per heavy atom. The number of Topliss-reactive ketones (excluding diaryl/α,β-unsaturated/α-hetero) is 1. The molecule has 1 atom stereocenters. The molecule has 1 aliphatic heterocycles. The average Bonchev–Trinajstić information content (AvgIpc) is 2.99. The van der Waals surface area contributed by atoms with E-state index in [9.17, 15) is 4.79 Å². The summed E-state index contributed by atoms with van der Waals surface area (Å²) in [6.45, 7) is 5.25. The number of nitrogens with zero attached hydrogens (tertiary/aromatic N) is 1. The number of rotatable bonds is 6. The predicted molar refractivity (Wildman–Crippen MR) is 120 cm³/mol. The minimum absolute atomic E-state index is 0.252. The van der Waals surface area contributed by atoms with Crippen molar-refractivity contribution in [3.63, 3.8) is 0 Å². The number of carbonyl (C=O) groups is 1. The van der Waals surface area contributed by atoms with Gasteiger partial charge >= 0.3 is 0 Å². The minimum Gasteiger partial charge on any atom is -0.493 e. The zero-order valence-electron chi connectivity index (χ0n) is 18.0. The van der Waals surface area contributed by atoms with Crippen molar-refractivity contribution < 1.29 is 14.3 Å². The van der Waals surface area contributed by atoms with E-state index in [1.54, 1.807) is 14.2 Å². The van der Waals surface area contributed by atoms with Crippen LogP contribution in [0.2, 0.25) is 5.02 Å². The Morgan fingerprint density at radius 3 is 2.33 bits per heavy atom. The van der Waals surface area contributed by atoms with Crippen molar-refractivity contribution in [2.24, 2.45) is 11.3 Å². The van der Waals surface area contributed by atoms with Crippen LogP contribution in [-0.2, 0) is 13.0 Å². The first-order valence-corrected chi connectivity index (χ1v) is 11.1. The Balaban J connectivity index is 1.37. The van der Waals surface area contributed by atoms with Crippen molar-refractivity contribution in [1.29, 1.82) is 0 Å². The number of hydrogen-bond donors (Lipinski definition) is 0. The van der Waals surface area contributed by atoms with E-state index < -0.39 is 0 Å². The van der Waals surface area contributed by atoms with Gasteiger partial charge in [0.15, 0.2) is 17.3 Å². The minimum atomic E-state index is -0.331. The fourth-order valence-corrected chi connectivity index (χ4v) is 5.23. The van der Waals surface area contributed by atoms with Crippen LogP contribution in [0.15, 0.2) is 36.4 Å². The quantitative estimate of drug-likeness (QED) is 0.618. The monoisotopic (exact) mass is 427 g/mol. The second-order valence-electron chi connectivity index (χ2n) is 8.98. The van der Waals surface area contributed by atoms with Gasteiger partial charge in [0.2, 0.25) is 0 Å². The van der Waals surface area contributed by atoms with E-state index in [0.717, 1.165) is 61.5 Å². The molecule has 160 valence electrons. The smallest absolute Gasteiger partial charge is 0.169 e. The van der Waals surface area contributed by atoms with E-state index in [1.807, 2.05) is 24.3 Å². The Bertz CT molecular complexity index is 919. The van der Waals surface area contributed by atoms with Gasteiger partial charge in [-0.3, -0.25) is 9.69 Å². The van der Waals surface area contributed by atoms with Gasteiger partial charge in [-0.25, -0.2) is 0 Å². The molecule has 0 amide bonds. The number of benzene rings is 2. The van der Waals surface area contributed by atoms with Crippen LogP contribution < -0.4 is 9.47 Å². The number of likely N-dealkylation sites (tertiary alicyclic amines) is 1. The summed E-state index contributed by atoms with van der Waals surface area (Å²) in [6, 6.07) is 12.0. The van der Waals surface area contributed by atoms with Crippen molar-refractivity contribution in [2.75, 3.05) is 27.3 Å². The second-order valence-corrected chi connectivity index (χ2v) is 9.42. The zero-order chi connectivity index (χ0) is 21.3. The summed E-state index contributed by atoms with van der Waals surface area (Å²) in [5.41, 5.74) is 2.85. The third-order valence-electron chi connectivity index (χ3n) is 6.75. The van der Waals surface area contributed by atoms with Gasteiger partial charge in [-0.2, -0.15) is 0 Å². The molecule has 5 heteroatoms. The number of halogens is 1. The van der Waals surface area contributed by atoms with Crippen LogP contribution in [0.1, 0.15) is 47.7 Å². The van der Waals surface area contributed by atoms with Crippen molar-refractivity contribution in [3.05, 3.63) is 58.1 Å². The van der Waals surface area contributed by atoms with Crippen LogP contribution in [0.4, 0.5) is 0 Å². The summed E-state index contributed by atoms with van der Waals surface area (Å²) in [6.07, 6.45) is 4.01. The number of ether oxygens (including phenoxy) is 2. The molecule has 30 heavy (non-hydrogen) atoms. The van der Waals surface area contributed by atoms with E-state index in [1.165, 1.54) is 5.56 Å². The third-order valence-corrected chi connectivity index (χ3v) is 7.00. The van der Waals surface area contributed by atoms with E-state index in [4.69, 9.17) is 21.1 Å². The first-order valence-electron chi connectivity index (χ1n) is 10.7. The number of piperidine rings is 1. The van der Waals surface area contributed by atoms with Gasteiger partial charge in [-0.05, 0) is 80.1 Å². The van der Waals surface area contributed by atoms with Crippen LogP contribution >= 0.6 is 11.6 Å². The van der Waals surface area contributed by atoms with Crippen molar-refractivity contribution in [3.8, 4) is 11.5 Å². The van der Waals surface area contributed by atoms with Gasteiger partial charge in [-0.1, -0.05) is 30.7 Å². The maximum atomic E-state index is 13.3. The van der Waals surface area contributed by atoms with E-state index >= 15 is 0 Å². The summed E-state index contributed by atoms with van der Waals surface area (Å²) in [5, 5.41) is 0.781. The Kier molecular flexibility index (Phi) is 6.08. The molecule has 2 aromatic rings. The summed E-state index contributed by atoms with van der Waals surface area (Å²) < 4.78 is 10.8. The predicted octanol–water partition coefficient (Wildman–Crippen LogP) is 5.40. The molecule has 0 radical (unpaired) electrons. The first kappa shape index (κ1) is 21.2. The molecule has 0 N–H and O–H groups in total. The number of ketones is 1. The molecule has 4 rings (SSSR count). The third kappa shape index (κ3) is 4.21. The molecular weight excluding hydrogens is 398 g/mol.